The summed E-state index contributed by atoms with van der Waals surface area (Å²) in [5.41, 5.74) is -1.69. The molecule has 4 rings (SSSR count). The van der Waals surface area contributed by atoms with E-state index in [0.717, 1.165) is 49.9 Å². The van der Waals surface area contributed by atoms with Gasteiger partial charge in [-0.25, -0.2) is 0 Å². The van der Waals surface area contributed by atoms with E-state index in [0.29, 0.717) is 19.2 Å². The lowest BCUT2D eigenvalue weighted by Gasteiger charge is -2.34. The lowest BCUT2D eigenvalue weighted by molar-refractivity contribution is -0.384. The Morgan fingerprint density at radius 1 is 1.21 bits per heavy atom. The number of hydrogen-bond acceptors (Lipinski definition) is 5. The minimum atomic E-state index is -4.76. The van der Waals surface area contributed by atoms with Gasteiger partial charge in [0.15, 0.2) is 0 Å². The molecule has 0 N–H and O–H groups in total. The largest absolute Gasteiger partial charge is 0.418 e. The van der Waals surface area contributed by atoms with Gasteiger partial charge in [-0.3, -0.25) is 10.1 Å². The molecule has 3 heterocycles. The second-order valence-corrected chi connectivity index (χ2v) is 7.50. The standard InChI is InChI=1S/C17H17ClF3N5O2/c18-12-8-13(14(26(27)28)7-11(12)17(19,20)21)24-5-1-3-10(9-24)16-23-22-15-4-2-6-25(15)16/h7-8,10H,1-6,9H2. The first-order chi connectivity index (χ1) is 13.3. The molecule has 1 unspecified atom stereocenters. The molecule has 0 spiro atoms. The Labute approximate surface area is 163 Å². The Kier molecular flexibility index (Phi) is 4.68. The molecule has 2 aliphatic rings. The third-order valence-electron chi connectivity index (χ3n) is 5.33. The number of piperidine rings is 1. The van der Waals surface area contributed by atoms with Gasteiger partial charge >= 0.3 is 6.18 Å². The van der Waals surface area contributed by atoms with Gasteiger partial charge in [-0.1, -0.05) is 11.6 Å². The van der Waals surface area contributed by atoms with Crippen molar-refractivity contribution >= 4 is 23.0 Å². The van der Waals surface area contributed by atoms with E-state index >= 15 is 0 Å². The van der Waals surface area contributed by atoms with E-state index in [9.17, 15) is 23.3 Å². The fourth-order valence-electron chi connectivity index (χ4n) is 4.05. The molecule has 0 aliphatic carbocycles. The molecule has 2 aliphatic heterocycles. The molecule has 1 fully saturated rings. The summed E-state index contributed by atoms with van der Waals surface area (Å²) in [5.74, 6) is 1.79. The normalized spacial score (nSPS) is 19.7. The maximum Gasteiger partial charge on any atom is 0.418 e. The predicted molar refractivity (Wildman–Crippen MR) is 95.6 cm³/mol. The van der Waals surface area contributed by atoms with Crippen LogP contribution in [0.3, 0.4) is 0 Å². The minimum Gasteiger partial charge on any atom is -0.365 e. The van der Waals surface area contributed by atoms with Gasteiger partial charge in [0, 0.05) is 38.0 Å². The fourth-order valence-corrected chi connectivity index (χ4v) is 4.31. The summed E-state index contributed by atoms with van der Waals surface area (Å²) >= 11 is 5.83. The van der Waals surface area contributed by atoms with Crippen molar-refractivity contribution in [1.82, 2.24) is 14.8 Å². The number of fused-ring (bicyclic) bond motifs is 1. The van der Waals surface area contributed by atoms with E-state index in [1.54, 1.807) is 4.90 Å². The third-order valence-corrected chi connectivity index (χ3v) is 5.64. The Balaban J connectivity index is 1.68. The Bertz CT molecular complexity index is 930. The van der Waals surface area contributed by atoms with E-state index in [1.165, 1.54) is 0 Å². The average Bonchev–Trinajstić information content (AvgIpc) is 3.23. The Morgan fingerprint density at radius 2 is 2.00 bits per heavy atom. The predicted octanol–water partition coefficient (Wildman–Crippen LogP) is 4.19. The highest BCUT2D eigenvalue weighted by molar-refractivity contribution is 6.31. The topological polar surface area (TPSA) is 77.1 Å². The Morgan fingerprint density at radius 3 is 2.71 bits per heavy atom. The van der Waals surface area contributed by atoms with Gasteiger partial charge < -0.3 is 9.47 Å². The molecule has 1 saturated heterocycles. The minimum absolute atomic E-state index is 0.00812. The summed E-state index contributed by atoms with van der Waals surface area (Å²) in [6, 6.07) is 1.58. The molecule has 0 bridgehead atoms. The zero-order valence-electron chi connectivity index (χ0n) is 14.7. The van der Waals surface area contributed by atoms with Crippen molar-refractivity contribution in [2.75, 3.05) is 18.0 Å². The maximum atomic E-state index is 13.1. The van der Waals surface area contributed by atoms with Gasteiger partial charge in [0.1, 0.15) is 17.3 Å². The zero-order chi connectivity index (χ0) is 20.1. The lowest BCUT2D eigenvalue weighted by Crippen LogP contribution is -2.36. The molecule has 1 aromatic carbocycles. The fraction of sp³-hybridized carbons (Fsp3) is 0.529. The van der Waals surface area contributed by atoms with Crippen LogP contribution in [0.2, 0.25) is 5.02 Å². The second-order valence-electron chi connectivity index (χ2n) is 7.09. The number of nitrogens with zero attached hydrogens (tertiary/aromatic N) is 5. The number of benzene rings is 1. The highest BCUT2D eigenvalue weighted by atomic mass is 35.5. The molecule has 2 aromatic rings. The van der Waals surface area contributed by atoms with Crippen LogP contribution in [-0.2, 0) is 19.1 Å². The molecular formula is C17H17ClF3N5O2. The average molecular weight is 416 g/mol. The van der Waals surface area contributed by atoms with Crippen LogP contribution in [0.1, 0.15) is 42.4 Å². The molecule has 7 nitrogen and oxygen atoms in total. The molecule has 150 valence electrons. The summed E-state index contributed by atoms with van der Waals surface area (Å²) in [5, 5.41) is 19.4. The SMILES string of the molecule is O=[N+]([O-])c1cc(C(F)(F)F)c(Cl)cc1N1CCCC(c2nnc3n2CCC3)C1. The van der Waals surface area contributed by atoms with E-state index in [1.807, 2.05) is 0 Å². The lowest BCUT2D eigenvalue weighted by atomic mass is 9.96. The van der Waals surface area contributed by atoms with Crippen LogP contribution in [0.4, 0.5) is 24.5 Å². The van der Waals surface area contributed by atoms with E-state index in [2.05, 4.69) is 14.8 Å². The first-order valence-corrected chi connectivity index (χ1v) is 9.35. The monoisotopic (exact) mass is 415 g/mol. The van der Waals surface area contributed by atoms with Crippen LogP contribution in [0, 0.1) is 10.1 Å². The summed E-state index contributed by atoms with van der Waals surface area (Å²) in [6.45, 7) is 1.76. The summed E-state index contributed by atoms with van der Waals surface area (Å²) in [4.78, 5) is 12.4. The molecule has 11 heteroatoms. The van der Waals surface area contributed by atoms with Gasteiger partial charge in [-0.15, -0.1) is 10.2 Å². The number of alkyl halides is 3. The van der Waals surface area contributed by atoms with Crippen LogP contribution in [-0.4, -0.2) is 32.8 Å². The van der Waals surface area contributed by atoms with Crippen molar-refractivity contribution in [2.45, 2.75) is 44.3 Å². The summed E-state index contributed by atoms with van der Waals surface area (Å²) in [6.07, 6.45) is -1.29. The number of anilines is 1. The number of hydrogen-bond donors (Lipinski definition) is 0. The smallest absolute Gasteiger partial charge is 0.365 e. The number of aromatic nitrogens is 3. The van der Waals surface area contributed by atoms with Crippen molar-refractivity contribution in [1.29, 1.82) is 0 Å². The molecule has 28 heavy (non-hydrogen) atoms. The molecule has 1 aromatic heterocycles. The van der Waals surface area contributed by atoms with Gasteiger partial charge in [-0.05, 0) is 25.3 Å². The van der Waals surface area contributed by atoms with Crippen molar-refractivity contribution in [3.63, 3.8) is 0 Å². The zero-order valence-corrected chi connectivity index (χ0v) is 15.5. The van der Waals surface area contributed by atoms with Crippen molar-refractivity contribution in [2.24, 2.45) is 0 Å². The van der Waals surface area contributed by atoms with Crippen LogP contribution in [0.15, 0.2) is 12.1 Å². The highest BCUT2D eigenvalue weighted by Crippen LogP contribution is 2.43. The molecule has 0 saturated carbocycles. The van der Waals surface area contributed by atoms with Crippen LogP contribution in [0.25, 0.3) is 0 Å². The van der Waals surface area contributed by atoms with Gasteiger partial charge in [-0.2, -0.15) is 13.2 Å². The van der Waals surface area contributed by atoms with Gasteiger partial charge in [0.05, 0.1) is 15.5 Å². The highest BCUT2D eigenvalue weighted by Gasteiger charge is 2.38. The first-order valence-electron chi connectivity index (χ1n) is 8.97. The molecule has 0 radical (unpaired) electrons. The number of rotatable bonds is 3. The van der Waals surface area contributed by atoms with E-state index in [4.69, 9.17) is 11.6 Å². The number of halogens is 4. The van der Waals surface area contributed by atoms with Crippen LogP contribution in [0.5, 0.6) is 0 Å². The molecular weight excluding hydrogens is 399 g/mol. The first kappa shape index (κ1) is 19.0. The van der Waals surface area contributed by atoms with Gasteiger partial charge in [0.25, 0.3) is 5.69 Å². The second kappa shape index (κ2) is 6.91. The van der Waals surface area contributed by atoms with Crippen molar-refractivity contribution in [3.05, 3.63) is 44.5 Å². The Hall–Kier alpha value is -2.36. The third kappa shape index (κ3) is 3.30. The van der Waals surface area contributed by atoms with E-state index < -0.39 is 27.4 Å². The molecule has 0 amide bonds. The molecule has 1 atom stereocenters. The van der Waals surface area contributed by atoms with Crippen LogP contribution >= 0.6 is 11.6 Å². The van der Waals surface area contributed by atoms with Crippen molar-refractivity contribution in [3.8, 4) is 0 Å². The number of nitro groups is 1. The number of aryl methyl sites for hydroxylation is 1. The van der Waals surface area contributed by atoms with E-state index in [-0.39, 0.29) is 11.6 Å². The quantitative estimate of drug-likeness (QED) is 0.555. The summed E-state index contributed by atoms with van der Waals surface area (Å²) in [7, 11) is 0. The summed E-state index contributed by atoms with van der Waals surface area (Å²) < 4.78 is 41.4. The van der Waals surface area contributed by atoms with Gasteiger partial charge in [0.2, 0.25) is 0 Å². The van der Waals surface area contributed by atoms with Crippen LogP contribution < -0.4 is 4.90 Å². The van der Waals surface area contributed by atoms with Crippen molar-refractivity contribution < 1.29 is 18.1 Å². The maximum absolute atomic E-state index is 13.1. The number of nitro benzene ring substituents is 1.